The van der Waals surface area contributed by atoms with Crippen molar-refractivity contribution in [2.24, 2.45) is 5.73 Å². The van der Waals surface area contributed by atoms with Gasteiger partial charge < -0.3 is 10.8 Å². The zero-order valence-corrected chi connectivity index (χ0v) is 11.1. The standard InChI is InChI=1S/C13H21NO.ClH/c1-4-5-12(15)13(14)11-7-9(2)6-10(3)8-11;/h6-8,12-13,15H,4-5,14H2,1-3H3;1H/t12-,13+;/m1./s1. The quantitative estimate of drug-likeness (QED) is 0.854. The number of aryl methyl sites for hydroxylation is 2. The molecule has 3 heteroatoms. The van der Waals surface area contributed by atoms with Crippen LogP contribution in [0, 0.1) is 13.8 Å². The maximum Gasteiger partial charge on any atom is 0.0732 e. The zero-order valence-electron chi connectivity index (χ0n) is 10.2. The van der Waals surface area contributed by atoms with Crippen molar-refractivity contribution in [1.82, 2.24) is 0 Å². The van der Waals surface area contributed by atoms with Gasteiger partial charge in [-0.25, -0.2) is 0 Å². The monoisotopic (exact) mass is 243 g/mol. The van der Waals surface area contributed by atoms with Crippen LogP contribution in [-0.4, -0.2) is 11.2 Å². The Kier molecular flexibility index (Phi) is 6.65. The van der Waals surface area contributed by atoms with Crippen molar-refractivity contribution in [2.75, 3.05) is 0 Å². The van der Waals surface area contributed by atoms with E-state index in [1.807, 2.05) is 0 Å². The number of rotatable bonds is 4. The summed E-state index contributed by atoms with van der Waals surface area (Å²) in [5.41, 5.74) is 9.44. The van der Waals surface area contributed by atoms with Gasteiger partial charge in [0.25, 0.3) is 0 Å². The van der Waals surface area contributed by atoms with Gasteiger partial charge in [0, 0.05) is 0 Å². The Hall–Kier alpha value is -0.570. The van der Waals surface area contributed by atoms with Gasteiger partial charge in [0.1, 0.15) is 0 Å². The molecule has 2 nitrogen and oxygen atoms in total. The summed E-state index contributed by atoms with van der Waals surface area (Å²) in [6, 6.07) is 5.96. The van der Waals surface area contributed by atoms with E-state index in [4.69, 9.17) is 5.73 Å². The number of nitrogens with two attached hydrogens (primary N) is 1. The molecule has 1 rings (SSSR count). The topological polar surface area (TPSA) is 46.2 Å². The molecule has 1 aromatic rings. The Morgan fingerprint density at radius 3 is 2.12 bits per heavy atom. The molecule has 2 atom stereocenters. The highest BCUT2D eigenvalue weighted by Crippen LogP contribution is 2.20. The van der Waals surface area contributed by atoms with Crippen LogP contribution in [0.25, 0.3) is 0 Å². The molecule has 0 saturated heterocycles. The van der Waals surface area contributed by atoms with Crippen LogP contribution in [0.2, 0.25) is 0 Å². The van der Waals surface area contributed by atoms with E-state index in [1.165, 1.54) is 11.1 Å². The van der Waals surface area contributed by atoms with E-state index < -0.39 is 6.10 Å². The Balaban J connectivity index is 0.00000225. The van der Waals surface area contributed by atoms with Gasteiger partial charge in [0.15, 0.2) is 0 Å². The highest BCUT2D eigenvalue weighted by Gasteiger charge is 2.16. The van der Waals surface area contributed by atoms with Crippen LogP contribution < -0.4 is 5.73 Å². The van der Waals surface area contributed by atoms with Crippen LogP contribution in [0.1, 0.15) is 42.5 Å². The van der Waals surface area contributed by atoms with Crippen molar-refractivity contribution >= 4 is 12.4 Å². The van der Waals surface area contributed by atoms with Gasteiger partial charge in [0.05, 0.1) is 12.1 Å². The molecule has 92 valence electrons. The molecule has 0 bridgehead atoms. The average Bonchev–Trinajstić information content (AvgIpc) is 2.15. The molecule has 0 fully saturated rings. The van der Waals surface area contributed by atoms with Crippen LogP contribution in [-0.2, 0) is 0 Å². The third-order valence-corrected chi connectivity index (χ3v) is 2.63. The number of halogens is 1. The van der Waals surface area contributed by atoms with Crippen molar-refractivity contribution in [1.29, 1.82) is 0 Å². The minimum atomic E-state index is -0.434. The van der Waals surface area contributed by atoms with Gasteiger partial charge >= 0.3 is 0 Å². The number of hydrogen-bond acceptors (Lipinski definition) is 2. The lowest BCUT2D eigenvalue weighted by atomic mass is 9.96. The summed E-state index contributed by atoms with van der Waals surface area (Å²) in [6.45, 7) is 6.16. The van der Waals surface area contributed by atoms with E-state index in [0.29, 0.717) is 0 Å². The van der Waals surface area contributed by atoms with Crippen molar-refractivity contribution < 1.29 is 5.11 Å². The highest BCUT2D eigenvalue weighted by molar-refractivity contribution is 5.85. The molecule has 0 saturated carbocycles. The Morgan fingerprint density at radius 1 is 1.19 bits per heavy atom. The Bertz CT molecular complexity index is 307. The number of benzene rings is 1. The smallest absolute Gasteiger partial charge is 0.0732 e. The Morgan fingerprint density at radius 2 is 1.69 bits per heavy atom. The number of aliphatic hydroxyl groups excluding tert-OH is 1. The van der Waals surface area contributed by atoms with E-state index >= 15 is 0 Å². The maximum absolute atomic E-state index is 9.83. The van der Waals surface area contributed by atoms with Crippen LogP contribution >= 0.6 is 12.4 Å². The van der Waals surface area contributed by atoms with E-state index in [9.17, 15) is 5.11 Å². The summed E-state index contributed by atoms with van der Waals surface area (Å²) < 4.78 is 0. The molecule has 3 N–H and O–H groups in total. The first-order valence-corrected chi connectivity index (χ1v) is 5.56. The van der Waals surface area contributed by atoms with Crippen molar-refractivity contribution in [3.63, 3.8) is 0 Å². The molecular weight excluding hydrogens is 222 g/mol. The minimum Gasteiger partial charge on any atom is -0.391 e. The average molecular weight is 244 g/mol. The van der Waals surface area contributed by atoms with E-state index in [0.717, 1.165) is 18.4 Å². The number of hydrogen-bond donors (Lipinski definition) is 2. The first-order chi connectivity index (χ1) is 7.04. The second-order valence-electron chi connectivity index (χ2n) is 4.30. The molecule has 1 aromatic carbocycles. The maximum atomic E-state index is 9.83. The van der Waals surface area contributed by atoms with Gasteiger partial charge in [-0.15, -0.1) is 12.4 Å². The van der Waals surface area contributed by atoms with E-state index in [2.05, 4.69) is 39.0 Å². The second-order valence-corrected chi connectivity index (χ2v) is 4.30. The summed E-state index contributed by atoms with van der Waals surface area (Å²) in [4.78, 5) is 0. The van der Waals surface area contributed by atoms with Crippen molar-refractivity contribution in [3.8, 4) is 0 Å². The van der Waals surface area contributed by atoms with Crippen LogP contribution in [0.15, 0.2) is 18.2 Å². The highest BCUT2D eigenvalue weighted by atomic mass is 35.5. The van der Waals surface area contributed by atoms with Crippen LogP contribution in [0.5, 0.6) is 0 Å². The molecule has 0 aromatic heterocycles. The third kappa shape index (κ3) is 4.12. The van der Waals surface area contributed by atoms with Crippen molar-refractivity contribution in [2.45, 2.75) is 45.8 Å². The normalized spacial score (nSPS) is 14.1. The van der Waals surface area contributed by atoms with Gasteiger partial charge in [0.2, 0.25) is 0 Å². The van der Waals surface area contributed by atoms with Gasteiger partial charge in [-0.2, -0.15) is 0 Å². The Labute approximate surface area is 104 Å². The molecular formula is C13H22ClNO. The molecule has 0 aliphatic carbocycles. The van der Waals surface area contributed by atoms with E-state index in [-0.39, 0.29) is 18.4 Å². The summed E-state index contributed by atoms with van der Waals surface area (Å²) in [7, 11) is 0. The van der Waals surface area contributed by atoms with Crippen LogP contribution in [0.4, 0.5) is 0 Å². The SMILES string of the molecule is CCC[C@@H](O)[C@@H](N)c1cc(C)cc(C)c1.Cl. The van der Waals surface area contributed by atoms with E-state index in [1.54, 1.807) is 0 Å². The lowest BCUT2D eigenvalue weighted by Gasteiger charge is -2.19. The van der Waals surface area contributed by atoms with Crippen molar-refractivity contribution in [3.05, 3.63) is 34.9 Å². The molecule has 0 aliphatic rings. The summed E-state index contributed by atoms with van der Waals surface area (Å²) in [6.07, 6.45) is 1.28. The molecule has 0 radical (unpaired) electrons. The second kappa shape index (κ2) is 6.89. The fraction of sp³-hybridized carbons (Fsp3) is 0.538. The molecule has 0 spiro atoms. The third-order valence-electron chi connectivity index (χ3n) is 2.63. The predicted octanol–water partition coefficient (Wildman–Crippen LogP) is 2.89. The molecule has 16 heavy (non-hydrogen) atoms. The first-order valence-electron chi connectivity index (χ1n) is 5.56. The minimum absolute atomic E-state index is 0. The summed E-state index contributed by atoms with van der Waals surface area (Å²) >= 11 is 0. The largest absolute Gasteiger partial charge is 0.391 e. The molecule has 0 amide bonds. The predicted molar refractivity (Wildman–Crippen MR) is 71.0 cm³/mol. The molecule has 0 heterocycles. The van der Waals surface area contributed by atoms with Gasteiger partial charge in [-0.3, -0.25) is 0 Å². The lowest BCUT2D eigenvalue weighted by molar-refractivity contribution is 0.134. The van der Waals surface area contributed by atoms with Gasteiger partial charge in [-0.1, -0.05) is 42.7 Å². The molecule has 0 aliphatic heterocycles. The van der Waals surface area contributed by atoms with Gasteiger partial charge in [-0.05, 0) is 25.8 Å². The number of aliphatic hydroxyl groups is 1. The summed E-state index contributed by atoms with van der Waals surface area (Å²) in [5.74, 6) is 0. The lowest BCUT2D eigenvalue weighted by Crippen LogP contribution is -2.26. The van der Waals surface area contributed by atoms with Crippen LogP contribution in [0.3, 0.4) is 0 Å². The first kappa shape index (κ1) is 15.4. The summed E-state index contributed by atoms with van der Waals surface area (Å²) in [5, 5.41) is 9.83. The fourth-order valence-electron chi connectivity index (χ4n) is 1.90. The fourth-order valence-corrected chi connectivity index (χ4v) is 1.90. The molecule has 0 unspecified atom stereocenters. The zero-order chi connectivity index (χ0) is 11.4.